The summed E-state index contributed by atoms with van der Waals surface area (Å²) in [7, 11) is 0. The average molecular weight is 466 g/mol. The second-order valence-corrected chi connectivity index (χ2v) is 8.20. The van der Waals surface area contributed by atoms with Gasteiger partial charge in [0, 0.05) is 16.3 Å². The van der Waals surface area contributed by atoms with Crippen LogP contribution < -0.4 is 15.9 Å². The molecule has 4 aromatic rings. The third kappa shape index (κ3) is 5.60. The molecule has 0 aliphatic carbocycles. The van der Waals surface area contributed by atoms with Crippen molar-refractivity contribution in [2.24, 2.45) is 0 Å². The molecule has 0 spiro atoms. The predicted octanol–water partition coefficient (Wildman–Crippen LogP) is 4.62. The van der Waals surface area contributed by atoms with Gasteiger partial charge in [-0.3, -0.25) is 4.79 Å². The molecule has 0 unspecified atom stereocenters. The van der Waals surface area contributed by atoms with Crippen LogP contribution in [-0.4, -0.2) is 26.5 Å². The Hall–Kier alpha value is -3.49. The number of nitrogens with zero attached hydrogens (tertiary/aromatic N) is 3. The van der Waals surface area contributed by atoms with Gasteiger partial charge in [0.25, 0.3) is 0 Å². The first-order chi connectivity index (χ1) is 15.6. The number of nitrogens with one attached hydrogen (secondary N) is 1. The second-order valence-electron chi connectivity index (χ2n) is 6.82. The monoisotopic (exact) mass is 465 g/mol. The summed E-state index contributed by atoms with van der Waals surface area (Å²) in [4.78, 5) is 12.3. The number of carbonyl (C=O) groups is 1. The number of rotatable bonds is 8. The van der Waals surface area contributed by atoms with Gasteiger partial charge < -0.3 is 15.9 Å². The summed E-state index contributed by atoms with van der Waals surface area (Å²) in [5.74, 6) is 7.28. The van der Waals surface area contributed by atoms with Gasteiger partial charge in [-0.25, -0.2) is 4.68 Å². The molecular formula is C23H20ClN5O2S. The molecule has 4 rings (SSSR count). The fourth-order valence-corrected chi connectivity index (χ4v) is 3.66. The van der Waals surface area contributed by atoms with Crippen LogP contribution in [0.15, 0.2) is 84.0 Å². The van der Waals surface area contributed by atoms with E-state index in [0.29, 0.717) is 28.3 Å². The van der Waals surface area contributed by atoms with E-state index in [0.717, 1.165) is 16.9 Å². The molecule has 1 heterocycles. The standard InChI is InChI=1S/C23H20ClN5O2S/c24-18-8-6-17(7-9-18)22-27-28-23(29(22)25)32-15-21(30)26-19-10-12-20(13-11-19)31-14-16-4-2-1-3-5-16/h1-13H,14-15,25H2,(H,26,30). The molecule has 0 saturated heterocycles. The van der Waals surface area contributed by atoms with E-state index < -0.39 is 0 Å². The molecule has 0 fully saturated rings. The summed E-state index contributed by atoms with van der Waals surface area (Å²) in [6.45, 7) is 0.487. The van der Waals surface area contributed by atoms with E-state index in [-0.39, 0.29) is 11.7 Å². The maximum absolute atomic E-state index is 12.3. The number of carbonyl (C=O) groups excluding carboxylic acids is 1. The van der Waals surface area contributed by atoms with Crippen molar-refractivity contribution < 1.29 is 9.53 Å². The Balaban J connectivity index is 1.28. The first-order valence-electron chi connectivity index (χ1n) is 9.74. The molecule has 0 radical (unpaired) electrons. The molecule has 9 heteroatoms. The van der Waals surface area contributed by atoms with Gasteiger partial charge in [-0.05, 0) is 54.1 Å². The van der Waals surface area contributed by atoms with Crippen LogP contribution in [0.2, 0.25) is 5.02 Å². The van der Waals surface area contributed by atoms with Crippen molar-refractivity contribution in [2.75, 3.05) is 16.9 Å². The lowest BCUT2D eigenvalue weighted by molar-refractivity contribution is -0.113. The maximum Gasteiger partial charge on any atom is 0.234 e. The SMILES string of the molecule is Nn1c(SCC(=O)Nc2ccc(OCc3ccccc3)cc2)nnc1-c1ccc(Cl)cc1. The van der Waals surface area contributed by atoms with E-state index in [4.69, 9.17) is 22.2 Å². The summed E-state index contributed by atoms with van der Waals surface area (Å²) in [6.07, 6.45) is 0. The zero-order valence-electron chi connectivity index (χ0n) is 16.9. The summed E-state index contributed by atoms with van der Waals surface area (Å²) < 4.78 is 7.12. The lowest BCUT2D eigenvalue weighted by atomic mass is 10.2. The van der Waals surface area contributed by atoms with Gasteiger partial charge in [0.1, 0.15) is 12.4 Å². The van der Waals surface area contributed by atoms with E-state index in [1.807, 2.05) is 54.6 Å². The topological polar surface area (TPSA) is 95.1 Å². The Kier molecular flexibility index (Phi) is 6.94. The van der Waals surface area contributed by atoms with Gasteiger partial charge in [-0.1, -0.05) is 53.7 Å². The molecule has 1 aromatic heterocycles. The van der Waals surface area contributed by atoms with Gasteiger partial charge in [-0.15, -0.1) is 10.2 Å². The van der Waals surface area contributed by atoms with Gasteiger partial charge >= 0.3 is 0 Å². The number of ether oxygens (including phenoxy) is 1. The lowest BCUT2D eigenvalue weighted by Gasteiger charge is -2.08. The molecule has 0 aliphatic heterocycles. The summed E-state index contributed by atoms with van der Waals surface area (Å²) in [5.41, 5.74) is 2.56. The van der Waals surface area contributed by atoms with E-state index in [2.05, 4.69) is 15.5 Å². The van der Waals surface area contributed by atoms with Crippen molar-refractivity contribution >= 4 is 35.0 Å². The van der Waals surface area contributed by atoms with E-state index in [1.165, 1.54) is 16.4 Å². The Labute approximate surface area is 194 Å². The van der Waals surface area contributed by atoms with Crippen LogP contribution >= 0.6 is 23.4 Å². The molecule has 3 aromatic carbocycles. The van der Waals surface area contributed by atoms with Crippen LogP contribution in [0.5, 0.6) is 5.75 Å². The van der Waals surface area contributed by atoms with E-state index in [9.17, 15) is 4.79 Å². The van der Waals surface area contributed by atoms with Crippen molar-refractivity contribution in [3.8, 4) is 17.1 Å². The van der Waals surface area contributed by atoms with Crippen molar-refractivity contribution in [3.63, 3.8) is 0 Å². The first-order valence-corrected chi connectivity index (χ1v) is 11.1. The molecule has 0 atom stereocenters. The third-order valence-electron chi connectivity index (χ3n) is 4.49. The highest BCUT2D eigenvalue weighted by Crippen LogP contribution is 2.23. The van der Waals surface area contributed by atoms with Crippen LogP contribution in [0.1, 0.15) is 5.56 Å². The minimum Gasteiger partial charge on any atom is -0.489 e. The fourth-order valence-electron chi connectivity index (χ4n) is 2.87. The minimum atomic E-state index is -0.177. The van der Waals surface area contributed by atoms with Crippen molar-refractivity contribution in [3.05, 3.63) is 89.4 Å². The number of nitrogens with two attached hydrogens (primary N) is 1. The Bertz CT molecular complexity index is 1180. The number of aromatic nitrogens is 3. The molecule has 0 aliphatic rings. The van der Waals surface area contributed by atoms with Gasteiger partial charge in [0.15, 0.2) is 5.82 Å². The molecule has 0 saturated carbocycles. The van der Waals surface area contributed by atoms with Gasteiger partial charge in [0.05, 0.1) is 5.75 Å². The van der Waals surface area contributed by atoms with E-state index >= 15 is 0 Å². The normalized spacial score (nSPS) is 10.7. The number of hydrogen-bond donors (Lipinski definition) is 2. The van der Waals surface area contributed by atoms with Crippen molar-refractivity contribution in [1.29, 1.82) is 0 Å². The zero-order chi connectivity index (χ0) is 22.3. The maximum atomic E-state index is 12.3. The smallest absolute Gasteiger partial charge is 0.234 e. The Morgan fingerprint density at radius 1 is 1.00 bits per heavy atom. The van der Waals surface area contributed by atoms with Gasteiger partial charge in [-0.2, -0.15) is 0 Å². The fraction of sp³-hybridized carbons (Fsp3) is 0.0870. The quantitative estimate of drug-likeness (QED) is 0.291. The second kappa shape index (κ2) is 10.2. The number of anilines is 1. The summed E-state index contributed by atoms with van der Waals surface area (Å²) in [6, 6.07) is 24.3. The average Bonchev–Trinajstić information content (AvgIpc) is 3.18. The minimum absolute atomic E-state index is 0.141. The number of benzene rings is 3. The van der Waals surface area contributed by atoms with Crippen molar-refractivity contribution in [1.82, 2.24) is 14.9 Å². The molecule has 1 amide bonds. The number of amides is 1. The molecular weight excluding hydrogens is 446 g/mol. The van der Waals surface area contributed by atoms with Gasteiger partial charge in [0.2, 0.25) is 11.1 Å². The highest BCUT2D eigenvalue weighted by molar-refractivity contribution is 7.99. The zero-order valence-corrected chi connectivity index (χ0v) is 18.5. The van der Waals surface area contributed by atoms with Crippen LogP contribution in [0, 0.1) is 0 Å². The summed E-state index contributed by atoms with van der Waals surface area (Å²) >= 11 is 7.12. The molecule has 7 nitrogen and oxygen atoms in total. The third-order valence-corrected chi connectivity index (χ3v) is 5.68. The number of hydrogen-bond acceptors (Lipinski definition) is 6. The highest BCUT2D eigenvalue weighted by Gasteiger charge is 2.14. The van der Waals surface area contributed by atoms with Crippen LogP contribution in [0.3, 0.4) is 0 Å². The Morgan fingerprint density at radius 3 is 2.44 bits per heavy atom. The van der Waals surface area contributed by atoms with E-state index in [1.54, 1.807) is 24.3 Å². The largest absolute Gasteiger partial charge is 0.489 e. The first kappa shape index (κ1) is 21.7. The molecule has 32 heavy (non-hydrogen) atoms. The molecule has 3 N–H and O–H groups in total. The number of nitrogen functional groups attached to an aromatic ring is 1. The number of thioether (sulfide) groups is 1. The Morgan fingerprint density at radius 2 is 1.72 bits per heavy atom. The predicted molar refractivity (Wildman–Crippen MR) is 127 cm³/mol. The van der Waals surface area contributed by atoms with Crippen molar-refractivity contribution in [2.45, 2.75) is 11.8 Å². The molecule has 162 valence electrons. The van der Waals surface area contributed by atoms with Crippen LogP contribution in [0.4, 0.5) is 5.69 Å². The van der Waals surface area contributed by atoms with Crippen LogP contribution in [0.25, 0.3) is 11.4 Å². The number of halogens is 1. The highest BCUT2D eigenvalue weighted by atomic mass is 35.5. The lowest BCUT2D eigenvalue weighted by Crippen LogP contribution is -2.16. The summed E-state index contributed by atoms with van der Waals surface area (Å²) in [5, 5.41) is 12.1. The van der Waals surface area contributed by atoms with Crippen LogP contribution in [-0.2, 0) is 11.4 Å². The molecule has 0 bridgehead atoms.